The molecule has 1 fully saturated rings. The Bertz CT molecular complexity index is 257. The van der Waals surface area contributed by atoms with Gasteiger partial charge >= 0.3 is 0 Å². The van der Waals surface area contributed by atoms with Gasteiger partial charge in [0.1, 0.15) is 0 Å². The van der Waals surface area contributed by atoms with Gasteiger partial charge in [-0.05, 0) is 20.3 Å². The number of amides is 1. The lowest BCUT2D eigenvalue weighted by Gasteiger charge is -2.27. The van der Waals surface area contributed by atoms with Crippen molar-refractivity contribution in [3.63, 3.8) is 0 Å². The minimum absolute atomic E-state index is 0.0313. The monoisotopic (exact) mass is 243 g/mol. The molecule has 0 aromatic heterocycles. The molecule has 1 rings (SSSR count). The Balaban J connectivity index is 2.58. The minimum Gasteiger partial charge on any atom is -0.384 e. The molecule has 4 nitrogen and oxygen atoms in total. The van der Waals surface area contributed by atoms with Crippen LogP contribution in [0.3, 0.4) is 0 Å². The smallest absolute Gasteiger partial charge is 0.228 e. The lowest BCUT2D eigenvalue weighted by molar-refractivity contribution is -0.139. The number of methoxy groups -OCH3 is 2. The molecule has 100 valence electrons. The van der Waals surface area contributed by atoms with Crippen LogP contribution in [-0.4, -0.2) is 50.3 Å². The molecule has 0 bridgehead atoms. The number of hydrogen-bond acceptors (Lipinski definition) is 3. The van der Waals surface area contributed by atoms with Gasteiger partial charge in [0.05, 0.1) is 18.6 Å². The SMILES string of the molecule is COCC1C[C@@H](C)N(C(=O)[C@@H](C)[C@@H](C)OC)C1. The quantitative estimate of drug-likeness (QED) is 0.735. The normalized spacial score (nSPS) is 28.2. The van der Waals surface area contributed by atoms with Crippen LogP contribution in [0.5, 0.6) is 0 Å². The molecule has 4 atom stereocenters. The first-order valence-electron chi connectivity index (χ1n) is 6.33. The van der Waals surface area contributed by atoms with E-state index in [1.165, 1.54) is 0 Å². The molecule has 0 N–H and O–H groups in total. The Hall–Kier alpha value is -0.610. The highest BCUT2D eigenvalue weighted by Crippen LogP contribution is 2.25. The van der Waals surface area contributed by atoms with Gasteiger partial charge in [0, 0.05) is 32.7 Å². The van der Waals surface area contributed by atoms with Crippen LogP contribution in [0.4, 0.5) is 0 Å². The predicted molar refractivity (Wildman–Crippen MR) is 66.8 cm³/mol. The Kier molecular flexibility index (Phi) is 5.40. The topological polar surface area (TPSA) is 38.8 Å². The standard InChI is InChI=1S/C13H25NO3/c1-9-6-12(8-16-4)7-14(9)13(15)10(2)11(3)17-5/h9-12H,6-8H2,1-5H3/t9-,10+,11-,12?/m1/s1. The lowest BCUT2D eigenvalue weighted by atomic mass is 10.0. The molecule has 1 saturated heterocycles. The molecule has 17 heavy (non-hydrogen) atoms. The zero-order valence-electron chi connectivity index (χ0n) is 11.6. The predicted octanol–water partition coefficient (Wildman–Crippen LogP) is 1.54. The summed E-state index contributed by atoms with van der Waals surface area (Å²) in [5.74, 6) is 0.596. The first kappa shape index (κ1) is 14.5. The van der Waals surface area contributed by atoms with Crippen LogP contribution in [0.15, 0.2) is 0 Å². The Labute approximate surface area is 104 Å². The maximum absolute atomic E-state index is 12.3. The summed E-state index contributed by atoms with van der Waals surface area (Å²) in [5, 5.41) is 0. The van der Waals surface area contributed by atoms with E-state index in [4.69, 9.17) is 9.47 Å². The second kappa shape index (κ2) is 6.36. The van der Waals surface area contributed by atoms with Crippen LogP contribution in [0.25, 0.3) is 0 Å². The summed E-state index contributed by atoms with van der Waals surface area (Å²) in [6.45, 7) is 7.54. The molecular weight excluding hydrogens is 218 g/mol. The first-order valence-corrected chi connectivity index (χ1v) is 6.33. The summed E-state index contributed by atoms with van der Waals surface area (Å²) >= 11 is 0. The molecule has 0 aliphatic carbocycles. The zero-order chi connectivity index (χ0) is 13.0. The Morgan fingerprint density at radius 1 is 1.41 bits per heavy atom. The number of rotatable bonds is 5. The molecule has 0 saturated carbocycles. The molecule has 0 spiro atoms. The second-order valence-corrected chi connectivity index (χ2v) is 5.13. The molecule has 0 aromatic carbocycles. The average molecular weight is 243 g/mol. The minimum atomic E-state index is -0.0799. The van der Waals surface area contributed by atoms with E-state index in [1.807, 2.05) is 18.7 Å². The molecule has 4 heteroatoms. The Morgan fingerprint density at radius 3 is 2.59 bits per heavy atom. The number of ether oxygens (including phenoxy) is 2. The van der Waals surface area contributed by atoms with Crippen LogP contribution in [0.2, 0.25) is 0 Å². The van der Waals surface area contributed by atoms with Crippen LogP contribution in [-0.2, 0) is 14.3 Å². The van der Waals surface area contributed by atoms with Gasteiger partial charge in [0.15, 0.2) is 0 Å². The van der Waals surface area contributed by atoms with Gasteiger partial charge in [-0.3, -0.25) is 4.79 Å². The van der Waals surface area contributed by atoms with Crippen LogP contribution < -0.4 is 0 Å². The van der Waals surface area contributed by atoms with Crippen molar-refractivity contribution >= 4 is 5.91 Å². The summed E-state index contributed by atoms with van der Waals surface area (Å²) in [6.07, 6.45) is 1.00. The van der Waals surface area contributed by atoms with E-state index in [9.17, 15) is 4.79 Å². The summed E-state index contributed by atoms with van der Waals surface area (Å²) in [7, 11) is 3.36. The Morgan fingerprint density at radius 2 is 2.06 bits per heavy atom. The number of likely N-dealkylation sites (tertiary alicyclic amines) is 1. The van der Waals surface area contributed by atoms with Gasteiger partial charge in [0.25, 0.3) is 0 Å². The van der Waals surface area contributed by atoms with Crippen LogP contribution >= 0.6 is 0 Å². The number of carbonyl (C=O) groups is 1. The fourth-order valence-electron chi connectivity index (χ4n) is 2.47. The van der Waals surface area contributed by atoms with E-state index >= 15 is 0 Å². The molecule has 0 radical (unpaired) electrons. The summed E-state index contributed by atoms with van der Waals surface area (Å²) in [6, 6.07) is 0.314. The number of carbonyl (C=O) groups excluding carboxylic acids is 1. The summed E-state index contributed by atoms with van der Waals surface area (Å²) in [5.41, 5.74) is 0. The van der Waals surface area contributed by atoms with Crippen molar-refractivity contribution in [2.24, 2.45) is 11.8 Å². The lowest BCUT2D eigenvalue weighted by Crippen LogP contribution is -2.41. The third-order valence-corrected chi connectivity index (χ3v) is 3.81. The third-order valence-electron chi connectivity index (χ3n) is 3.81. The zero-order valence-corrected chi connectivity index (χ0v) is 11.6. The van der Waals surface area contributed by atoms with E-state index in [-0.39, 0.29) is 17.9 Å². The molecular formula is C13H25NO3. The summed E-state index contributed by atoms with van der Waals surface area (Å²) in [4.78, 5) is 14.3. The molecule has 1 aliphatic heterocycles. The van der Waals surface area contributed by atoms with Crippen molar-refractivity contribution in [3.05, 3.63) is 0 Å². The van der Waals surface area contributed by atoms with Crippen molar-refractivity contribution in [2.45, 2.75) is 39.3 Å². The van der Waals surface area contributed by atoms with Crippen molar-refractivity contribution in [3.8, 4) is 0 Å². The fourth-order valence-corrected chi connectivity index (χ4v) is 2.47. The van der Waals surface area contributed by atoms with Gasteiger partial charge in [0.2, 0.25) is 5.91 Å². The van der Waals surface area contributed by atoms with Gasteiger partial charge in [-0.25, -0.2) is 0 Å². The van der Waals surface area contributed by atoms with E-state index in [0.29, 0.717) is 12.0 Å². The van der Waals surface area contributed by atoms with Crippen molar-refractivity contribution in [1.29, 1.82) is 0 Å². The van der Waals surface area contributed by atoms with Gasteiger partial charge in [-0.2, -0.15) is 0 Å². The summed E-state index contributed by atoms with van der Waals surface area (Å²) < 4.78 is 10.4. The highest BCUT2D eigenvalue weighted by molar-refractivity contribution is 5.79. The van der Waals surface area contributed by atoms with E-state index in [1.54, 1.807) is 14.2 Å². The largest absolute Gasteiger partial charge is 0.384 e. The van der Waals surface area contributed by atoms with Crippen LogP contribution in [0, 0.1) is 11.8 Å². The molecule has 1 amide bonds. The maximum atomic E-state index is 12.3. The third kappa shape index (κ3) is 3.42. The average Bonchev–Trinajstić information content (AvgIpc) is 2.68. The molecule has 1 heterocycles. The number of hydrogen-bond donors (Lipinski definition) is 0. The van der Waals surface area contributed by atoms with Gasteiger partial charge < -0.3 is 14.4 Å². The maximum Gasteiger partial charge on any atom is 0.228 e. The van der Waals surface area contributed by atoms with E-state index < -0.39 is 0 Å². The van der Waals surface area contributed by atoms with Gasteiger partial charge in [-0.15, -0.1) is 0 Å². The second-order valence-electron chi connectivity index (χ2n) is 5.13. The molecule has 1 unspecified atom stereocenters. The first-order chi connectivity index (χ1) is 8.01. The highest BCUT2D eigenvalue weighted by atomic mass is 16.5. The van der Waals surface area contributed by atoms with Crippen molar-refractivity contribution < 1.29 is 14.3 Å². The molecule has 1 aliphatic rings. The van der Waals surface area contributed by atoms with E-state index in [0.717, 1.165) is 19.6 Å². The van der Waals surface area contributed by atoms with Crippen molar-refractivity contribution in [1.82, 2.24) is 4.90 Å². The van der Waals surface area contributed by atoms with Crippen LogP contribution in [0.1, 0.15) is 27.2 Å². The fraction of sp³-hybridized carbons (Fsp3) is 0.923. The van der Waals surface area contributed by atoms with E-state index in [2.05, 4.69) is 6.92 Å². The highest BCUT2D eigenvalue weighted by Gasteiger charge is 2.35. The molecule has 0 aromatic rings. The number of nitrogens with zero attached hydrogens (tertiary/aromatic N) is 1. The van der Waals surface area contributed by atoms with Gasteiger partial charge in [-0.1, -0.05) is 6.92 Å². The van der Waals surface area contributed by atoms with Crippen molar-refractivity contribution in [2.75, 3.05) is 27.4 Å².